The van der Waals surface area contributed by atoms with Crippen molar-refractivity contribution in [3.05, 3.63) is 22.1 Å². The van der Waals surface area contributed by atoms with Crippen molar-refractivity contribution in [2.45, 2.75) is 6.92 Å². The number of rotatable bonds is 3. The lowest BCUT2D eigenvalue weighted by Gasteiger charge is -1.97. The van der Waals surface area contributed by atoms with Crippen molar-refractivity contribution in [2.24, 2.45) is 0 Å². The van der Waals surface area contributed by atoms with Gasteiger partial charge in [0.15, 0.2) is 6.33 Å². The molecule has 0 aliphatic rings. The molecule has 0 aromatic carbocycles. The van der Waals surface area contributed by atoms with Gasteiger partial charge < -0.3 is 15.4 Å². The molecule has 0 radical (unpaired) electrons. The van der Waals surface area contributed by atoms with Crippen LogP contribution in [-0.4, -0.2) is 27.3 Å². The molecule has 1 aromatic heterocycles. The first kappa shape index (κ1) is 9.17. The van der Waals surface area contributed by atoms with Gasteiger partial charge in [0.25, 0.3) is 5.91 Å². The highest BCUT2D eigenvalue weighted by atomic mass is 16.6. The molecule has 2 N–H and O–H groups in total. The molecule has 1 rings (SSSR count). The van der Waals surface area contributed by atoms with E-state index in [0.717, 1.165) is 6.33 Å². The number of carbonyl (C=O) groups is 1. The van der Waals surface area contributed by atoms with Crippen LogP contribution in [0, 0.1) is 10.1 Å². The van der Waals surface area contributed by atoms with E-state index in [0.29, 0.717) is 6.54 Å². The van der Waals surface area contributed by atoms with E-state index in [2.05, 4.69) is 15.3 Å². The van der Waals surface area contributed by atoms with Crippen LogP contribution in [0.25, 0.3) is 0 Å². The van der Waals surface area contributed by atoms with E-state index in [1.54, 1.807) is 6.92 Å². The number of carbonyl (C=O) groups excluding carboxylic acids is 1. The topological polar surface area (TPSA) is 101 Å². The summed E-state index contributed by atoms with van der Waals surface area (Å²) in [6.07, 6.45) is 1.11. The summed E-state index contributed by atoms with van der Waals surface area (Å²) in [6.45, 7) is 2.12. The molecule has 1 aromatic rings. The van der Waals surface area contributed by atoms with Gasteiger partial charge >= 0.3 is 5.82 Å². The van der Waals surface area contributed by atoms with E-state index < -0.39 is 10.8 Å². The Balaban J connectivity index is 2.93. The third-order valence-corrected chi connectivity index (χ3v) is 1.35. The molecule has 0 bridgehead atoms. The second-order valence-corrected chi connectivity index (χ2v) is 2.22. The molecule has 7 nitrogen and oxygen atoms in total. The second-order valence-electron chi connectivity index (χ2n) is 2.22. The quantitative estimate of drug-likeness (QED) is 0.512. The van der Waals surface area contributed by atoms with Crippen LogP contribution in [0.3, 0.4) is 0 Å². The number of nitro groups is 1. The molecule has 0 spiro atoms. The Morgan fingerprint density at radius 1 is 1.85 bits per heavy atom. The molecule has 0 aliphatic carbocycles. The van der Waals surface area contributed by atoms with Gasteiger partial charge in [0.05, 0.1) is 0 Å². The molecular formula is C6H8N4O3. The van der Waals surface area contributed by atoms with Gasteiger partial charge in [0.1, 0.15) is 0 Å². The molecule has 1 heterocycles. The Morgan fingerprint density at radius 2 is 2.54 bits per heavy atom. The normalized spacial score (nSPS) is 9.62. The number of imidazole rings is 1. The van der Waals surface area contributed by atoms with Crippen LogP contribution in [0.2, 0.25) is 0 Å². The fourth-order valence-electron chi connectivity index (χ4n) is 0.837. The first-order chi connectivity index (χ1) is 6.16. The van der Waals surface area contributed by atoms with Crippen molar-refractivity contribution < 1.29 is 9.72 Å². The molecule has 0 unspecified atom stereocenters. The maximum Gasteiger partial charge on any atom is 0.353 e. The second kappa shape index (κ2) is 3.65. The molecule has 13 heavy (non-hydrogen) atoms. The van der Waals surface area contributed by atoms with Gasteiger partial charge in [-0.2, -0.15) is 0 Å². The van der Waals surface area contributed by atoms with Crippen LogP contribution in [0.15, 0.2) is 6.33 Å². The van der Waals surface area contributed by atoms with Crippen LogP contribution >= 0.6 is 0 Å². The zero-order valence-electron chi connectivity index (χ0n) is 6.90. The van der Waals surface area contributed by atoms with Crippen LogP contribution in [0.4, 0.5) is 5.82 Å². The SMILES string of the molecule is CCNC(=O)c1nc[nH]c1[N+](=O)[O-]. The van der Waals surface area contributed by atoms with E-state index in [9.17, 15) is 14.9 Å². The Labute approximate surface area is 73.3 Å². The van der Waals surface area contributed by atoms with Gasteiger partial charge in [-0.3, -0.25) is 4.79 Å². The van der Waals surface area contributed by atoms with Gasteiger partial charge in [-0.1, -0.05) is 0 Å². The first-order valence-corrected chi connectivity index (χ1v) is 3.62. The molecule has 70 valence electrons. The van der Waals surface area contributed by atoms with Crippen LogP contribution < -0.4 is 5.32 Å². The predicted molar refractivity (Wildman–Crippen MR) is 43.2 cm³/mol. The summed E-state index contributed by atoms with van der Waals surface area (Å²) < 4.78 is 0. The Kier molecular flexibility index (Phi) is 2.58. The fraction of sp³-hybridized carbons (Fsp3) is 0.333. The lowest BCUT2D eigenvalue weighted by molar-refractivity contribution is -0.389. The van der Waals surface area contributed by atoms with Gasteiger partial charge in [-0.15, -0.1) is 0 Å². The lowest BCUT2D eigenvalue weighted by atomic mass is 10.4. The molecule has 0 atom stereocenters. The number of amides is 1. The summed E-state index contributed by atoms with van der Waals surface area (Å²) in [5, 5.41) is 12.8. The summed E-state index contributed by atoms with van der Waals surface area (Å²) in [5.74, 6) is -0.929. The Bertz CT molecular complexity index is 332. The third-order valence-electron chi connectivity index (χ3n) is 1.35. The fourth-order valence-corrected chi connectivity index (χ4v) is 0.837. The largest absolute Gasteiger partial charge is 0.358 e. The zero-order valence-corrected chi connectivity index (χ0v) is 6.90. The average molecular weight is 184 g/mol. The smallest absolute Gasteiger partial charge is 0.353 e. The van der Waals surface area contributed by atoms with E-state index in [1.807, 2.05) is 0 Å². The highest BCUT2D eigenvalue weighted by Crippen LogP contribution is 2.11. The summed E-state index contributed by atoms with van der Waals surface area (Å²) >= 11 is 0. The number of nitrogens with zero attached hydrogens (tertiary/aromatic N) is 2. The molecule has 7 heteroatoms. The monoisotopic (exact) mass is 184 g/mol. The van der Waals surface area contributed by atoms with Crippen molar-refractivity contribution in [2.75, 3.05) is 6.54 Å². The molecule has 0 aliphatic heterocycles. The summed E-state index contributed by atoms with van der Waals surface area (Å²) in [5.41, 5.74) is -0.188. The predicted octanol–water partition coefficient (Wildman–Crippen LogP) is 0.0676. The van der Waals surface area contributed by atoms with Crippen molar-refractivity contribution in [3.8, 4) is 0 Å². The van der Waals surface area contributed by atoms with Crippen LogP contribution in [-0.2, 0) is 0 Å². The van der Waals surface area contributed by atoms with Crippen molar-refractivity contribution >= 4 is 11.7 Å². The number of hydrogen-bond donors (Lipinski definition) is 2. The lowest BCUT2D eigenvalue weighted by Crippen LogP contribution is -2.23. The van der Waals surface area contributed by atoms with Gasteiger partial charge in [0.2, 0.25) is 5.69 Å². The van der Waals surface area contributed by atoms with E-state index in [4.69, 9.17) is 0 Å². The molecule has 0 saturated heterocycles. The third kappa shape index (κ3) is 1.81. The van der Waals surface area contributed by atoms with Gasteiger partial charge in [-0.05, 0) is 11.8 Å². The Morgan fingerprint density at radius 3 is 3.08 bits per heavy atom. The minimum absolute atomic E-state index is 0.188. The summed E-state index contributed by atoms with van der Waals surface area (Å²) in [4.78, 5) is 26.6. The number of aromatic amines is 1. The average Bonchev–Trinajstić information content (AvgIpc) is 2.52. The van der Waals surface area contributed by atoms with Crippen molar-refractivity contribution in [1.29, 1.82) is 0 Å². The minimum Gasteiger partial charge on any atom is -0.358 e. The maximum atomic E-state index is 11.1. The summed E-state index contributed by atoms with van der Waals surface area (Å²) in [6, 6.07) is 0. The molecule has 0 fully saturated rings. The zero-order chi connectivity index (χ0) is 9.84. The molecule has 1 amide bonds. The highest BCUT2D eigenvalue weighted by Gasteiger charge is 2.21. The van der Waals surface area contributed by atoms with Crippen molar-refractivity contribution in [1.82, 2.24) is 15.3 Å². The summed E-state index contributed by atoms with van der Waals surface area (Å²) in [7, 11) is 0. The Hall–Kier alpha value is -1.92. The van der Waals surface area contributed by atoms with Crippen molar-refractivity contribution in [3.63, 3.8) is 0 Å². The van der Waals surface area contributed by atoms with Gasteiger partial charge in [-0.25, -0.2) is 9.97 Å². The number of aromatic nitrogens is 2. The van der Waals surface area contributed by atoms with E-state index >= 15 is 0 Å². The number of hydrogen-bond acceptors (Lipinski definition) is 4. The van der Waals surface area contributed by atoms with Crippen LogP contribution in [0.1, 0.15) is 17.4 Å². The van der Waals surface area contributed by atoms with Crippen LogP contribution in [0.5, 0.6) is 0 Å². The minimum atomic E-state index is -0.683. The van der Waals surface area contributed by atoms with Gasteiger partial charge in [0, 0.05) is 6.54 Å². The maximum absolute atomic E-state index is 11.1. The van der Waals surface area contributed by atoms with E-state index in [1.165, 1.54) is 0 Å². The molecular weight excluding hydrogens is 176 g/mol. The molecule has 0 saturated carbocycles. The standard InChI is InChI=1S/C6H8N4O3/c1-2-7-6(11)4-5(10(12)13)9-3-8-4/h3H,2H2,1H3,(H,7,11)(H,8,9). The first-order valence-electron chi connectivity index (χ1n) is 3.62. The highest BCUT2D eigenvalue weighted by molar-refractivity contribution is 5.95. The van der Waals surface area contributed by atoms with E-state index in [-0.39, 0.29) is 11.5 Å². The number of H-pyrrole nitrogens is 1. The number of nitrogens with one attached hydrogen (secondary N) is 2.